The van der Waals surface area contributed by atoms with Crippen LogP contribution in [0.25, 0.3) is 0 Å². The Kier molecular flexibility index (Phi) is 6.56. The van der Waals surface area contributed by atoms with E-state index in [4.69, 9.17) is 13.9 Å². The second-order valence-corrected chi connectivity index (χ2v) is 8.07. The minimum absolute atomic E-state index is 0.156. The Balaban J connectivity index is 1.21. The standard InChI is InChI=1S/C22H30N4O4/c1-24(2)8-7-23-22(27)20-6-4-18(30-20)15-26-11-9-25(10-12-26)14-17-3-5-19-21(13-17)29-16-28-19/h3-6,13H,7-12,14-16H2,1-2H3,(H,23,27). The Morgan fingerprint density at radius 2 is 1.73 bits per heavy atom. The third-order valence-electron chi connectivity index (χ3n) is 5.42. The monoisotopic (exact) mass is 414 g/mol. The van der Waals surface area contributed by atoms with Gasteiger partial charge in [-0.25, -0.2) is 0 Å². The number of rotatable bonds is 8. The van der Waals surface area contributed by atoms with Gasteiger partial charge >= 0.3 is 0 Å². The predicted molar refractivity (Wildman–Crippen MR) is 113 cm³/mol. The number of benzene rings is 1. The summed E-state index contributed by atoms with van der Waals surface area (Å²) < 4.78 is 16.6. The molecule has 4 rings (SSSR count). The highest BCUT2D eigenvalue weighted by Crippen LogP contribution is 2.32. The van der Waals surface area contributed by atoms with Gasteiger partial charge in [0.15, 0.2) is 17.3 Å². The SMILES string of the molecule is CN(C)CCNC(=O)c1ccc(CN2CCN(Cc3ccc4c(c3)OCO4)CC2)o1. The molecule has 0 spiro atoms. The lowest BCUT2D eigenvalue weighted by Crippen LogP contribution is -2.45. The number of fused-ring (bicyclic) bond motifs is 1. The number of hydrogen-bond donors (Lipinski definition) is 1. The normalized spacial score (nSPS) is 16.9. The Labute approximate surface area is 177 Å². The number of furan rings is 1. The van der Waals surface area contributed by atoms with Crippen molar-refractivity contribution < 1.29 is 18.7 Å². The molecule has 8 nitrogen and oxygen atoms in total. The summed E-state index contributed by atoms with van der Waals surface area (Å²) in [4.78, 5) is 19.0. The van der Waals surface area contributed by atoms with Gasteiger partial charge in [0.1, 0.15) is 5.76 Å². The van der Waals surface area contributed by atoms with Gasteiger partial charge in [0.25, 0.3) is 5.91 Å². The van der Waals surface area contributed by atoms with E-state index in [0.29, 0.717) is 19.1 Å². The van der Waals surface area contributed by atoms with Crippen LogP contribution in [0.2, 0.25) is 0 Å². The van der Waals surface area contributed by atoms with Gasteiger partial charge in [0, 0.05) is 45.8 Å². The number of likely N-dealkylation sites (N-methyl/N-ethyl adjacent to an activating group) is 1. The summed E-state index contributed by atoms with van der Waals surface area (Å²) in [5.41, 5.74) is 1.24. The zero-order valence-electron chi connectivity index (χ0n) is 17.7. The van der Waals surface area contributed by atoms with Crippen molar-refractivity contribution in [3.05, 3.63) is 47.4 Å². The Morgan fingerprint density at radius 1 is 1.00 bits per heavy atom. The highest BCUT2D eigenvalue weighted by molar-refractivity contribution is 5.91. The first-order valence-corrected chi connectivity index (χ1v) is 10.4. The molecule has 1 aromatic heterocycles. The second-order valence-electron chi connectivity index (χ2n) is 8.07. The fourth-order valence-electron chi connectivity index (χ4n) is 3.69. The van der Waals surface area contributed by atoms with Crippen LogP contribution in [-0.4, -0.2) is 80.8 Å². The van der Waals surface area contributed by atoms with Crippen molar-refractivity contribution in [1.82, 2.24) is 20.0 Å². The lowest BCUT2D eigenvalue weighted by Gasteiger charge is -2.34. The first-order chi connectivity index (χ1) is 14.6. The van der Waals surface area contributed by atoms with Crippen molar-refractivity contribution in [2.75, 3.05) is 60.2 Å². The third kappa shape index (κ3) is 5.33. The summed E-state index contributed by atoms with van der Waals surface area (Å²) in [5.74, 6) is 2.72. The number of amides is 1. The number of piperazine rings is 1. The summed E-state index contributed by atoms with van der Waals surface area (Å²) in [6.07, 6.45) is 0. The molecule has 1 amide bonds. The number of ether oxygens (including phenoxy) is 2. The van der Waals surface area contributed by atoms with Gasteiger partial charge < -0.3 is 24.1 Å². The largest absolute Gasteiger partial charge is 0.455 e. The highest BCUT2D eigenvalue weighted by Gasteiger charge is 2.20. The molecular weight excluding hydrogens is 384 g/mol. The summed E-state index contributed by atoms with van der Waals surface area (Å²) >= 11 is 0. The smallest absolute Gasteiger partial charge is 0.287 e. The van der Waals surface area contributed by atoms with Crippen LogP contribution in [0.1, 0.15) is 21.9 Å². The zero-order chi connectivity index (χ0) is 20.9. The summed E-state index contributed by atoms with van der Waals surface area (Å²) in [6, 6.07) is 9.83. The van der Waals surface area contributed by atoms with Crippen molar-refractivity contribution >= 4 is 5.91 Å². The molecule has 0 radical (unpaired) electrons. The fourth-order valence-corrected chi connectivity index (χ4v) is 3.69. The molecule has 3 heterocycles. The first kappa shape index (κ1) is 20.7. The molecule has 1 N–H and O–H groups in total. The Bertz CT molecular complexity index is 859. The van der Waals surface area contributed by atoms with Gasteiger partial charge in [-0.2, -0.15) is 0 Å². The van der Waals surface area contributed by atoms with Crippen molar-refractivity contribution in [1.29, 1.82) is 0 Å². The molecular formula is C22H30N4O4. The quantitative estimate of drug-likeness (QED) is 0.704. The number of nitrogens with one attached hydrogen (secondary N) is 1. The van der Waals surface area contributed by atoms with Gasteiger partial charge in [-0.05, 0) is 43.9 Å². The van der Waals surface area contributed by atoms with Gasteiger partial charge in [0.05, 0.1) is 6.54 Å². The van der Waals surface area contributed by atoms with Gasteiger partial charge in [-0.15, -0.1) is 0 Å². The van der Waals surface area contributed by atoms with Crippen LogP contribution in [-0.2, 0) is 13.1 Å². The van der Waals surface area contributed by atoms with Crippen LogP contribution >= 0.6 is 0 Å². The summed E-state index contributed by atoms with van der Waals surface area (Å²) in [6.45, 7) is 7.27. The Morgan fingerprint density at radius 3 is 2.50 bits per heavy atom. The second kappa shape index (κ2) is 9.51. The van der Waals surface area contributed by atoms with E-state index in [2.05, 4.69) is 27.2 Å². The molecule has 30 heavy (non-hydrogen) atoms. The van der Waals surface area contributed by atoms with Crippen LogP contribution in [0.4, 0.5) is 0 Å². The van der Waals surface area contributed by atoms with Crippen LogP contribution in [0.5, 0.6) is 11.5 Å². The van der Waals surface area contributed by atoms with Gasteiger partial charge in [-0.3, -0.25) is 14.6 Å². The minimum Gasteiger partial charge on any atom is -0.455 e. The molecule has 1 fully saturated rings. The number of carbonyl (C=O) groups excluding carboxylic acids is 1. The van der Waals surface area contributed by atoms with Crippen LogP contribution in [0.3, 0.4) is 0 Å². The van der Waals surface area contributed by atoms with Crippen LogP contribution < -0.4 is 14.8 Å². The highest BCUT2D eigenvalue weighted by atomic mass is 16.7. The van der Waals surface area contributed by atoms with E-state index in [1.807, 2.05) is 31.1 Å². The lowest BCUT2D eigenvalue weighted by atomic mass is 10.1. The van der Waals surface area contributed by atoms with E-state index in [1.165, 1.54) is 5.56 Å². The fraction of sp³-hybridized carbons (Fsp3) is 0.500. The average Bonchev–Trinajstić information content (AvgIpc) is 3.38. The minimum atomic E-state index is -0.156. The van der Waals surface area contributed by atoms with E-state index in [1.54, 1.807) is 6.07 Å². The maximum Gasteiger partial charge on any atom is 0.287 e. The third-order valence-corrected chi connectivity index (χ3v) is 5.42. The van der Waals surface area contributed by atoms with Gasteiger partial charge in [-0.1, -0.05) is 6.07 Å². The molecule has 1 saturated heterocycles. The maximum atomic E-state index is 12.2. The molecule has 0 aliphatic carbocycles. The zero-order valence-corrected chi connectivity index (χ0v) is 17.7. The number of nitrogens with zero attached hydrogens (tertiary/aromatic N) is 3. The van der Waals surface area contributed by atoms with Crippen molar-refractivity contribution in [3.8, 4) is 11.5 Å². The van der Waals surface area contributed by atoms with Crippen molar-refractivity contribution in [3.63, 3.8) is 0 Å². The molecule has 0 saturated carbocycles. The van der Waals surface area contributed by atoms with E-state index >= 15 is 0 Å². The molecule has 2 aromatic rings. The summed E-state index contributed by atoms with van der Waals surface area (Å²) in [7, 11) is 3.96. The van der Waals surface area contributed by atoms with E-state index in [-0.39, 0.29) is 5.91 Å². The van der Waals surface area contributed by atoms with Crippen molar-refractivity contribution in [2.24, 2.45) is 0 Å². The molecule has 0 atom stereocenters. The average molecular weight is 415 g/mol. The lowest BCUT2D eigenvalue weighted by molar-refractivity contribution is 0.0912. The molecule has 8 heteroatoms. The molecule has 2 aliphatic rings. The first-order valence-electron chi connectivity index (χ1n) is 10.4. The molecule has 162 valence electrons. The number of hydrogen-bond acceptors (Lipinski definition) is 7. The summed E-state index contributed by atoms with van der Waals surface area (Å²) in [5, 5.41) is 2.88. The Hall–Kier alpha value is -2.55. The van der Waals surface area contributed by atoms with E-state index < -0.39 is 0 Å². The van der Waals surface area contributed by atoms with Crippen LogP contribution in [0.15, 0.2) is 34.7 Å². The molecule has 1 aromatic carbocycles. The van der Waals surface area contributed by atoms with Gasteiger partial charge in [0.2, 0.25) is 6.79 Å². The van der Waals surface area contributed by atoms with Crippen molar-refractivity contribution in [2.45, 2.75) is 13.1 Å². The van der Waals surface area contributed by atoms with Crippen LogP contribution in [0, 0.1) is 0 Å². The molecule has 0 unspecified atom stereocenters. The van der Waals surface area contributed by atoms with E-state index in [0.717, 1.165) is 63.1 Å². The predicted octanol–water partition coefficient (Wildman–Crippen LogP) is 1.62. The molecule has 0 bridgehead atoms. The topological polar surface area (TPSA) is 70.4 Å². The van der Waals surface area contributed by atoms with E-state index in [9.17, 15) is 4.79 Å². The maximum absolute atomic E-state index is 12.2. The molecule has 2 aliphatic heterocycles. The number of carbonyl (C=O) groups is 1.